The number of aliphatic carboxylic acids is 1. The van der Waals surface area contributed by atoms with Gasteiger partial charge in [-0.2, -0.15) is 0 Å². The van der Waals surface area contributed by atoms with Crippen LogP contribution in [0.2, 0.25) is 0 Å². The SMILES string of the molecule is CC/C=C\C/C=C\C/C=C\C/C=C\C/C=C\C/C=C\CCC(=O)OCC(COC1OC(C(=O)O)C(O)C(O)C1OC(=O)CCCCCCCCCCCCCCC)OC(=O)CCCCCCCCCCCCCCCCC. The van der Waals surface area contributed by atoms with Crippen molar-refractivity contribution in [3.05, 3.63) is 72.9 Å². The van der Waals surface area contributed by atoms with Crippen LogP contribution < -0.4 is 0 Å². The summed E-state index contributed by atoms with van der Waals surface area (Å²) in [6.45, 7) is 5.83. The van der Waals surface area contributed by atoms with E-state index in [-0.39, 0.29) is 25.9 Å². The van der Waals surface area contributed by atoms with Crippen molar-refractivity contribution in [1.29, 1.82) is 0 Å². The number of hydrogen-bond donors (Lipinski definition) is 3. The maximum Gasteiger partial charge on any atom is 0.335 e. The molecule has 0 aromatic carbocycles. The third-order valence-corrected chi connectivity index (χ3v) is 13.8. The van der Waals surface area contributed by atoms with Crippen molar-refractivity contribution in [2.75, 3.05) is 13.2 Å². The molecule has 3 N–H and O–H groups in total. The van der Waals surface area contributed by atoms with Crippen LogP contribution in [0.1, 0.15) is 265 Å². The van der Waals surface area contributed by atoms with Crippen LogP contribution in [0.5, 0.6) is 0 Å². The fraction of sp³-hybridized carbons (Fsp3) is 0.754. The number of esters is 3. The summed E-state index contributed by atoms with van der Waals surface area (Å²) in [5, 5.41) is 31.5. The largest absolute Gasteiger partial charge is 0.479 e. The number of carbonyl (C=O) groups excluding carboxylic acids is 3. The van der Waals surface area contributed by atoms with Gasteiger partial charge in [0.15, 0.2) is 24.6 Å². The Morgan fingerprint density at radius 3 is 1.22 bits per heavy atom. The normalized spacial score (nSPS) is 18.5. The van der Waals surface area contributed by atoms with Crippen LogP contribution in [0.15, 0.2) is 72.9 Å². The molecule has 0 aromatic heterocycles. The van der Waals surface area contributed by atoms with Gasteiger partial charge in [-0.25, -0.2) is 4.79 Å². The number of carboxylic acids is 1. The van der Waals surface area contributed by atoms with E-state index in [0.717, 1.165) is 83.5 Å². The van der Waals surface area contributed by atoms with Crippen LogP contribution in [-0.4, -0.2) is 89.2 Å². The number of aliphatic hydroxyl groups excluding tert-OH is 2. The van der Waals surface area contributed by atoms with E-state index in [1.54, 1.807) is 0 Å². The number of ether oxygens (including phenoxy) is 5. The lowest BCUT2D eigenvalue weighted by Crippen LogP contribution is -2.61. The minimum atomic E-state index is -1.91. The highest BCUT2D eigenvalue weighted by molar-refractivity contribution is 5.74. The Hall–Kier alpha value is -3.84. The Morgan fingerprint density at radius 2 is 0.818 bits per heavy atom. The first-order chi connectivity index (χ1) is 37.6. The summed E-state index contributed by atoms with van der Waals surface area (Å²) in [6, 6.07) is 0. The van der Waals surface area contributed by atoms with Gasteiger partial charge in [0, 0.05) is 19.3 Å². The number of aliphatic hydroxyl groups is 2. The molecule has 1 saturated heterocycles. The van der Waals surface area contributed by atoms with Gasteiger partial charge in [-0.15, -0.1) is 0 Å². The summed E-state index contributed by atoms with van der Waals surface area (Å²) in [5.74, 6) is -3.21. The molecule has 0 radical (unpaired) electrons. The molecule has 0 saturated carbocycles. The van der Waals surface area contributed by atoms with E-state index in [0.29, 0.717) is 19.3 Å². The van der Waals surface area contributed by atoms with Crippen molar-refractivity contribution in [2.24, 2.45) is 0 Å². The number of allylic oxidation sites excluding steroid dienone is 12. The van der Waals surface area contributed by atoms with Gasteiger partial charge in [0.2, 0.25) is 0 Å². The molecule has 0 aromatic rings. The topological polar surface area (TPSA) is 175 Å². The predicted molar refractivity (Wildman–Crippen MR) is 312 cm³/mol. The molecule has 0 aliphatic carbocycles. The van der Waals surface area contributed by atoms with E-state index in [1.165, 1.54) is 122 Å². The zero-order valence-corrected chi connectivity index (χ0v) is 48.7. The molecule has 12 nitrogen and oxygen atoms in total. The lowest BCUT2D eigenvalue weighted by molar-refractivity contribution is -0.301. The minimum absolute atomic E-state index is 0.0558. The van der Waals surface area contributed by atoms with Crippen LogP contribution in [0.4, 0.5) is 0 Å². The van der Waals surface area contributed by atoms with Gasteiger partial charge < -0.3 is 39.0 Å². The molecule has 77 heavy (non-hydrogen) atoms. The van der Waals surface area contributed by atoms with Crippen molar-refractivity contribution < 1.29 is 58.2 Å². The number of unbranched alkanes of at least 4 members (excludes halogenated alkanes) is 26. The summed E-state index contributed by atoms with van der Waals surface area (Å²) in [4.78, 5) is 51.1. The van der Waals surface area contributed by atoms with Gasteiger partial charge in [0.25, 0.3) is 0 Å². The molecule has 0 spiro atoms. The third-order valence-electron chi connectivity index (χ3n) is 13.8. The van der Waals surface area contributed by atoms with E-state index in [4.69, 9.17) is 23.7 Å². The zero-order valence-electron chi connectivity index (χ0n) is 48.7. The molecule has 0 bridgehead atoms. The fourth-order valence-electron chi connectivity index (χ4n) is 9.10. The number of hydrogen-bond acceptors (Lipinski definition) is 11. The Morgan fingerprint density at radius 1 is 0.442 bits per heavy atom. The summed E-state index contributed by atoms with van der Waals surface area (Å²) in [7, 11) is 0. The molecule has 1 rings (SSSR count). The molecule has 0 amide bonds. The zero-order chi connectivity index (χ0) is 56.1. The lowest BCUT2D eigenvalue weighted by atomic mass is 9.98. The van der Waals surface area contributed by atoms with Gasteiger partial charge >= 0.3 is 23.9 Å². The fourth-order valence-corrected chi connectivity index (χ4v) is 9.10. The smallest absolute Gasteiger partial charge is 0.335 e. The van der Waals surface area contributed by atoms with Crippen LogP contribution in [0.3, 0.4) is 0 Å². The number of carboxylic acid groups (broad SMARTS) is 1. The molecule has 6 unspecified atom stereocenters. The highest BCUT2D eigenvalue weighted by atomic mass is 16.7. The molecule has 12 heteroatoms. The lowest BCUT2D eigenvalue weighted by Gasteiger charge is -2.40. The van der Waals surface area contributed by atoms with Crippen molar-refractivity contribution >= 4 is 23.9 Å². The van der Waals surface area contributed by atoms with E-state index in [2.05, 4.69) is 81.5 Å². The van der Waals surface area contributed by atoms with Crippen LogP contribution >= 0.6 is 0 Å². The van der Waals surface area contributed by atoms with Crippen LogP contribution in [-0.2, 0) is 42.9 Å². The van der Waals surface area contributed by atoms with Gasteiger partial charge in [-0.3, -0.25) is 14.4 Å². The average molecular weight is 1080 g/mol. The summed E-state index contributed by atoms with van der Waals surface area (Å²) in [6.07, 6.45) is 54.5. The molecule has 6 atom stereocenters. The average Bonchev–Trinajstić information content (AvgIpc) is 3.42. The maximum atomic E-state index is 13.2. The van der Waals surface area contributed by atoms with Gasteiger partial charge in [-0.1, -0.05) is 261 Å². The van der Waals surface area contributed by atoms with E-state index in [1.807, 2.05) is 12.2 Å². The quantitative estimate of drug-likeness (QED) is 0.0228. The highest BCUT2D eigenvalue weighted by Gasteiger charge is 2.50. The van der Waals surface area contributed by atoms with E-state index >= 15 is 0 Å². The van der Waals surface area contributed by atoms with Gasteiger partial charge in [0.1, 0.15) is 18.8 Å². The summed E-state index contributed by atoms with van der Waals surface area (Å²) < 4.78 is 28.4. The molecule has 1 heterocycles. The van der Waals surface area contributed by atoms with Crippen LogP contribution in [0.25, 0.3) is 0 Å². The Balaban J connectivity index is 2.72. The van der Waals surface area contributed by atoms with Crippen molar-refractivity contribution in [3.63, 3.8) is 0 Å². The van der Waals surface area contributed by atoms with Gasteiger partial charge in [-0.05, 0) is 57.8 Å². The summed E-state index contributed by atoms with van der Waals surface area (Å²) >= 11 is 0. The maximum absolute atomic E-state index is 13.2. The van der Waals surface area contributed by atoms with Crippen molar-refractivity contribution in [2.45, 2.75) is 302 Å². The molecule has 1 aliphatic heterocycles. The van der Waals surface area contributed by atoms with E-state index in [9.17, 15) is 34.5 Å². The third kappa shape index (κ3) is 42.7. The second-order valence-electron chi connectivity index (χ2n) is 21.0. The van der Waals surface area contributed by atoms with Crippen molar-refractivity contribution in [1.82, 2.24) is 0 Å². The monoisotopic (exact) mass is 1080 g/mol. The molecular formula is C65H110O12. The van der Waals surface area contributed by atoms with Crippen molar-refractivity contribution in [3.8, 4) is 0 Å². The first-order valence-corrected chi connectivity index (χ1v) is 30.9. The number of rotatable bonds is 52. The Kier molecular flexibility index (Phi) is 48.8. The second-order valence-corrected chi connectivity index (χ2v) is 21.0. The predicted octanol–water partition coefficient (Wildman–Crippen LogP) is 16.1. The van der Waals surface area contributed by atoms with E-state index < -0.39 is 67.3 Å². The molecule has 1 fully saturated rings. The first-order valence-electron chi connectivity index (χ1n) is 30.9. The molecule has 442 valence electrons. The van der Waals surface area contributed by atoms with Crippen LogP contribution in [0, 0.1) is 0 Å². The minimum Gasteiger partial charge on any atom is -0.479 e. The second kappa shape index (κ2) is 52.8. The summed E-state index contributed by atoms with van der Waals surface area (Å²) in [5.41, 5.74) is 0. The Bertz CT molecular complexity index is 1620. The molecule has 1 aliphatic rings. The standard InChI is InChI=1S/C65H110O12/c1-4-7-10-13-16-19-22-25-27-28-29-30-32-34-36-39-42-45-48-51-57(66)73-54-56(75-58(67)52-49-46-43-40-38-35-31-26-23-20-17-14-11-8-5-2)55-74-65-63(61(70)60(69)62(77-65)64(71)72)76-59(68)53-50-47-44-41-37-33-24-21-18-15-12-9-6-3/h7,10,16,19,25,27,29-30,34,36,42,45,56,60-63,65,69-70H,4-6,8-9,11-15,17-18,20-24,26,28,31-33,35,37-41,43-44,46-55H2,1-3H3,(H,71,72)/b10-7-,19-16-,27-25-,30-29-,36-34-,45-42-. The van der Waals surface area contributed by atoms with Gasteiger partial charge in [0.05, 0.1) is 6.61 Å². The first kappa shape index (κ1) is 71.2. The number of carbonyl (C=O) groups is 4. The molecular weight excluding hydrogens is 973 g/mol. The highest BCUT2D eigenvalue weighted by Crippen LogP contribution is 2.26. The Labute approximate surface area is 468 Å².